The minimum absolute atomic E-state index is 0.186. The zero-order valence-electron chi connectivity index (χ0n) is 24.1. The Labute approximate surface area is 258 Å². The number of nitrogens with two attached hydrogens (primary N) is 1. The van der Waals surface area contributed by atoms with Crippen LogP contribution in [0.3, 0.4) is 0 Å². The van der Waals surface area contributed by atoms with Gasteiger partial charge in [0.05, 0.1) is 22.9 Å². The molecule has 6 aromatic rings. The van der Waals surface area contributed by atoms with E-state index in [-0.39, 0.29) is 5.82 Å². The van der Waals surface area contributed by atoms with Crippen molar-refractivity contribution in [2.75, 3.05) is 36.8 Å². The fourth-order valence-electron chi connectivity index (χ4n) is 5.56. The third-order valence-electron chi connectivity index (χ3n) is 7.84. The molecule has 5 aromatic heterocycles. The fraction of sp³-hybridized carbons (Fsp3) is 0.152. The molecule has 6 heterocycles. The molecule has 0 bridgehead atoms. The van der Waals surface area contributed by atoms with Crippen molar-refractivity contribution in [1.29, 1.82) is 10.5 Å². The quantitative estimate of drug-likeness (QED) is 0.298. The lowest BCUT2D eigenvalue weighted by molar-refractivity contribution is 0.249. The number of nitriles is 2. The minimum Gasteiger partial charge on any atom is -0.383 e. The lowest BCUT2D eigenvalue weighted by atomic mass is 10.1. The Morgan fingerprint density at radius 1 is 0.778 bits per heavy atom. The number of fused-ring (bicyclic) bond motifs is 1. The second-order valence-electron chi connectivity index (χ2n) is 10.6. The first-order chi connectivity index (χ1) is 22.1. The summed E-state index contributed by atoms with van der Waals surface area (Å²) in [6.45, 7) is 4.17. The van der Waals surface area contributed by atoms with E-state index in [4.69, 9.17) is 21.0 Å². The summed E-state index contributed by atoms with van der Waals surface area (Å²) in [6, 6.07) is 23.6. The van der Waals surface area contributed by atoms with Gasteiger partial charge in [-0.3, -0.25) is 14.5 Å². The van der Waals surface area contributed by atoms with E-state index in [0.717, 1.165) is 44.2 Å². The highest BCUT2D eigenvalue weighted by Crippen LogP contribution is 2.32. The largest absolute Gasteiger partial charge is 0.383 e. The standard InChI is InChI=1S/C33H26N12/c34-18-23-9-12-37-20-26(23)27-7-8-28-33(40-27)45(32(41-28)25-2-1-11-39-31(25)36)24-5-3-22(4-6-24)21-43-14-16-44(17-15-43)30-10-13-38-29(19-35)42-30/h1-13,20H,14-17,21H2,(H2,36,39). The first-order valence-corrected chi connectivity index (χ1v) is 14.4. The second-order valence-corrected chi connectivity index (χ2v) is 10.6. The molecule has 0 radical (unpaired) electrons. The molecule has 1 aromatic carbocycles. The molecule has 1 saturated heterocycles. The van der Waals surface area contributed by atoms with Crippen LogP contribution < -0.4 is 10.6 Å². The molecular weight excluding hydrogens is 564 g/mol. The summed E-state index contributed by atoms with van der Waals surface area (Å²) in [5, 5.41) is 18.8. The number of rotatable bonds is 6. The summed E-state index contributed by atoms with van der Waals surface area (Å²) in [4.78, 5) is 31.3. The van der Waals surface area contributed by atoms with Gasteiger partial charge < -0.3 is 10.6 Å². The molecule has 0 unspecified atom stereocenters. The average molecular weight is 591 g/mol. The molecule has 0 aliphatic carbocycles. The van der Waals surface area contributed by atoms with E-state index in [1.165, 1.54) is 5.56 Å². The van der Waals surface area contributed by atoms with Gasteiger partial charge in [0.2, 0.25) is 5.82 Å². The van der Waals surface area contributed by atoms with Gasteiger partial charge in [-0.2, -0.15) is 10.5 Å². The van der Waals surface area contributed by atoms with Gasteiger partial charge in [0.25, 0.3) is 0 Å². The number of piperazine rings is 1. The van der Waals surface area contributed by atoms with Gasteiger partial charge >= 0.3 is 0 Å². The predicted octanol–water partition coefficient (Wildman–Crippen LogP) is 3.98. The zero-order chi connectivity index (χ0) is 30.8. The van der Waals surface area contributed by atoms with Gasteiger partial charge in [0.15, 0.2) is 11.5 Å². The smallest absolute Gasteiger partial charge is 0.234 e. The zero-order valence-corrected chi connectivity index (χ0v) is 24.1. The lowest BCUT2D eigenvalue weighted by Crippen LogP contribution is -2.46. The maximum Gasteiger partial charge on any atom is 0.234 e. The molecule has 45 heavy (non-hydrogen) atoms. The minimum atomic E-state index is 0.186. The topological polar surface area (TPSA) is 162 Å². The van der Waals surface area contributed by atoms with Gasteiger partial charge in [-0.05, 0) is 54.1 Å². The van der Waals surface area contributed by atoms with Crippen molar-refractivity contribution < 1.29 is 0 Å². The average Bonchev–Trinajstić information content (AvgIpc) is 3.47. The number of hydrogen-bond acceptors (Lipinski definition) is 11. The summed E-state index contributed by atoms with van der Waals surface area (Å²) < 4.78 is 1.98. The molecule has 0 atom stereocenters. The van der Waals surface area contributed by atoms with E-state index < -0.39 is 0 Å². The molecule has 218 valence electrons. The van der Waals surface area contributed by atoms with E-state index in [9.17, 15) is 5.26 Å². The van der Waals surface area contributed by atoms with Crippen molar-refractivity contribution in [3.63, 3.8) is 0 Å². The molecule has 12 nitrogen and oxygen atoms in total. The monoisotopic (exact) mass is 590 g/mol. The highest BCUT2D eigenvalue weighted by Gasteiger charge is 2.21. The number of pyridine rings is 3. The summed E-state index contributed by atoms with van der Waals surface area (Å²) in [5.74, 6) is 1.97. The molecule has 1 fully saturated rings. The Kier molecular flexibility index (Phi) is 7.23. The van der Waals surface area contributed by atoms with Crippen LogP contribution in [0.5, 0.6) is 0 Å². The number of benzene rings is 1. The lowest BCUT2D eigenvalue weighted by Gasteiger charge is -2.35. The number of imidazole rings is 1. The van der Waals surface area contributed by atoms with E-state index in [0.29, 0.717) is 45.2 Å². The van der Waals surface area contributed by atoms with E-state index in [1.807, 2.05) is 41.0 Å². The summed E-state index contributed by atoms with van der Waals surface area (Å²) >= 11 is 0. The third-order valence-corrected chi connectivity index (χ3v) is 7.84. The third kappa shape index (κ3) is 5.38. The molecule has 7 rings (SSSR count). The second kappa shape index (κ2) is 11.8. The van der Waals surface area contributed by atoms with Crippen molar-refractivity contribution in [2.24, 2.45) is 0 Å². The highest BCUT2D eigenvalue weighted by molar-refractivity contribution is 5.85. The summed E-state index contributed by atoms with van der Waals surface area (Å²) in [6.07, 6.45) is 6.53. The first kappa shape index (κ1) is 27.6. The van der Waals surface area contributed by atoms with Crippen molar-refractivity contribution in [3.8, 4) is 40.5 Å². The highest BCUT2D eigenvalue weighted by atomic mass is 15.3. The number of anilines is 2. The van der Waals surface area contributed by atoms with Gasteiger partial charge in [-0.25, -0.2) is 24.9 Å². The molecule has 1 aliphatic rings. The van der Waals surface area contributed by atoms with Crippen molar-refractivity contribution in [1.82, 2.24) is 39.4 Å². The van der Waals surface area contributed by atoms with Gasteiger partial charge in [0.1, 0.15) is 23.2 Å². The first-order valence-electron chi connectivity index (χ1n) is 14.4. The van der Waals surface area contributed by atoms with E-state index >= 15 is 0 Å². The van der Waals surface area contributed by atoms with Crippen LogP contribution in [0.4, 0.5) is 11.6 Å². The van der Waals surface area contributed by atoms with Gasteiger partial charge in [-0.1, -0.05) is 12.1 Å². The van der Waals surface area contributed by atoms with Crippen molar-refractivity contribution in [2.45, 2.75) is 6.54 Å². The molecule has 12 heteroatoms. The maximum atomic E-state index is 9.67. The van der Waals surface area contributed by atoms with Crippen LogP contribution >= 0.6 is 0 Å². The van der Waals surface area contributed by atoms with Crippen molar-refractivity contribution in [3.05, 3.63) is 102 Å². The molecule has 1 aliphatic heterocycles. The van der Waals surface area contributed by atoms with Crippen LogP contribution in [0.25, 0.3) is 39.5 Å². The van der Waals surface area contributed by atoms with Crippen molar-refractivity contribution >= 4 is 22.8 Å². The fourth-order valence-corrected chi connectivity index (χ4v) is 5.56. The van der Waals surface area contributed by atoms with Gasteiger partial charge in [-0.15, -0.1) is 0 Å². The maximum absolute atomic E-state index is 9.67. The Balaban J connectivity index is 1.19. The molecular formula is C33H26N12. The SMILES string of the molecule is N#Cc1nccc(N2CCN(Cc3ccc(-n4c(-c5cccnc5N)nc5ccc(-c6cnccc6C#N)nc54)cc3)CC2)n1. The van der Waals surface area contributed by atoms with Crippen LogP contribution in [-0.4, -0.2) is 65.5 Å². The normalized spacial score (nSPS) is 13.4. The van der Waals surface area contributed by atoms with Crippen LogP contribution in [0.15, 0.2) is 85.5 Å². The van der Waals surface area contributed by atoms with E-state index in [1.54, 1.807) is 30.9 Å². The van der Waals surface area contributed by atoms with E-state index in [2.05, 4.69) is 60.1 Å². The number of aromatic nitrogens is 7. The van der Waals surface area contributed by atoms with Crippen LogP contribution in [-0.2, 0) is 6.54 Å². The Hall–Kier alpha value is -6.24. The van der Waals surface area contributed by atoms with Gasteiger partial charge in [0, 0.05) is 68.8 Å². The molecule has 0 spiro atoms. The number of hydrogen-bond donors (Lipinski definition) is 1. The molecule has 2 N–H and O–H groups in total. The molecule has 0 saturated carbocycles. The molecule has 0 amide bonds. The number of nitrogen functional groups attached to an aromatic ring is 1. The predicted molar refractivity (Wildman–Crippen MR) is 169 cm³/mol. The van der Waals surface area contributed by atoms with Crippen LogP contribution in [0.2, 0.25) is 0 Å². The van der Waals surface area contributed by atoms with Crippen LogP contribution in [0.1, 0.15) is 17.0 Å². The van der Waals surface area contributed by atoms with Crippen LogP contribution in [0, 0.1) is 22.7 Å². The number of nitrogens with zero attached hydrogens (tertiary/aromatic N) is 11. The summed E-state index contributed by atoms with van der Waals surface area (Å²) in [7, 11) is 0. The Morgan fingerprint density at radius 3 is 2.40 bits per heavy atom. The Bertz CT molecular complexity index is 2100. The summed E-state index contributed by atoms with van der Waals surface area (Å²) in [5.41, 5.74) is 12.1. The Morgan fingerprint density at radius 2 is 1.62 bits per heavy atom.